The summed E-state index contributed by atoms with van der Waals surface area (Å²) in [6, 6.07) is 11.5. The van der Waals surface area contributed by atoms with Gasteiger partial charge < -0.3 is 18.9 Å². The molecule has 6 heterocycles. The topological polar surface area (TPSA) is 50.5 Å². The summed E-state index contributed by atoms with van der Waals surface area (Å²) in [5.74, 6) is 2.17. The van der Waals surface area contributed by atoms with Crippen molar-refractivity contribution in [1.29, 1.82) is 0 Å². The van der Waals surface area contributed by atoms with Crippen molar-refractivity contribution in [3.63, 3.8) is 0 Å². The molecule has 158 valence electrons. The molecule has 4 bridgehead atoms. The fraction of sp³-hybridized carbons (Fsp3) is 0.583. The van der Waals surface area contributed by atoms with E-state index in [0.29, 0.717) is 23.7 Å². The second-order valence-electron chi connectivity index (χ2n) is 9.92. The van der Waals surface area contributed by atoms with Crippen molar-refractivity contribution < 1.29 is 0 Å². The van der Waals surface area contributed by atoms with Gasteiger partial charge in [-0.05, 0) is 36.8 Å². The summed E-state index contributed by atoms with van der Waals surface area (Å²) in [7, 11) is 0. The minimum Gasteiger partial charge on any atom is -0.312 e. The van der Waals surface area contributed by atoms with E-state index in [2.05, 4.69) is 21.9 Å². The molecule has 30 heavy (non-hydrogen) atoms. The molecule has 4 aliphatic heterocycles. The van der Waals surface area contributed by atoms with E-state index in [1.165, 1.54) is 24.2 Å². The highest BCUT2D eigenvalue weighted by atomic mass is 16.1. The molecule has 0 unspecified atom stereocenters. The number of likely N-dealkylation sites (tertiary alicyclic amines) is 2. The zero-order chi connectivity index (χ0) is 20.2. The molecule has 4 atom stereocenters. The molecule has 0 N–H and O–H groups in total. The molecule has 0 radical (unpaired) electrons. The van der Waals surface area contributed by atoms with E-state index in [1.54, 1.807) is 12.1 Å². The van der Waals surface area contributed by atoms with Gasteiger partial charge in [0.1, 0.15) is 0 Å². The molecule has 0 amide bonds. The van der Waals surface area contributed by atoms with Gasteiger partial charge >= 0.3 is 0 Å². The Morgan fingerprint density at radius 1 is 0.633 bits per heavy atom. The monoisotopic (exact) mass is 406 g/mol. The summed E-state index contributed by atoms with van der Waals surface area (Å²) in [6.07, 6.45) is 2.44. The van der Waals surface area contributed by atoms with Crippen LogP contribution in [0.1, 0.15) is 36.1 Å². The number of rotatable bonds is 3. The van der Waals surface area contributed by atoms with Crippen LogP contribution in [0.25, 0.3) is 0 Å². The molecule has 0 saturated carbocycles. The lowest BCUT2D eigenvalue weighted by Crippen LogP contribution is -2.51. The first-order valence-corrected chi connectivity index (χ1v) is 11.5. The third kappa shape index (κ3) is 3.17. The molecule has 0 aromatic carbocycles. The van der Waals surface area contributed by atoms with E-state index in [9.17, 15) is 9.59 Å². The van der Waals surface area contributed by atoms with Crippen molar-refractivity contribution in [3.05, 3.63) is 68.5 Å². The van der Waals surface area contributed by atoms with Crippen molar-refractivity contribution in [2.24, 2.45) is 11.8 Å². The fourth-order valence-corrected chi connectivity index (χ4v) is 6.64. The van der Waals surface area contributed by atoms with Gasteiger partial charge in [-0.25, -0.2) is 0 Å². The summed E-state index contributed by atoms with van der Waals surface area (Å²) in [5.41, 5.74) is 2.79. The fourth-order valence-electron chi connectivity index (χ4n) is 6.64. The zero-order valence-corrected chi connectivity index (χ0v) is 17.4. The normalized spacial score (nSPS) is 30.5. The van der Waals surface area contributed by atoms with Crippen LogP contribution in [0.4, 0.5) is 0 Å². The second-order valence-corrected chi connectivity index (χ2v) is 9.92. The molecule has 6 heteroatoms. The van der Waals surface area contributed by atoms with Crippen LogP contribution in [0.2, 0.25) is 0 Å². The maximum absolute atomic E-state index is 12.2. The van der Waals surface area contributed by atoms with E-state index in [-0.39, 0.29) is 11.1 Å². The Morgan fingerprint density at radius 3 is 1.57 bits per heavy atom. The van der Waals surface area contributed by atoms with Gasteiger partial charge in [0.2, 0.25) is 0 Å². The van der Waals surface area contributed by atoms with Crippen molar-refractivity contribution in [2.75, 3.05) is 39.3 Å². The van der Waals surface area contributed by atoms with Gasteiger partial charge in [0.05, 0.1) is 0 Å². The van der Waals surface area contributed by atoms with Gasteiger partial charge in [0.15, 0.2) is 0 Å². The lowest BCUT2D eigenvalue weighted by Gasteiger charge is -2.45. The van der Waals surface area contributed by atoms with Crippen molar-refractivity contribution in [2.45, 2.75) is 37.8 Å². The van der Waals surface area contributed by atoms with Gasteiger partial charge in [-0.3, -0.25) is 9.59 Å². The van der Waals surface area contributed by atoms with Crippen LogP contribution in [-0.2, 0) is 13.1 Å². The molecule has 2 aromatic rings. The SMILES string of the molecule is O=c1cccc2n1C[C@H]1C[C@@H]2CN(CCN2C[C@H]3C[C@@H](C2)c2cccc(=O)n2C3)C1. The van der Waals surface area contributed by atoms with Gasteiger partial charge in [-0.15, -0.1) is 0 Å². The van der Waals surface area contributed by atoms with Crippen molar-refractivity contribution in [3.8, 4) is 0 Å². The lowest BCUT2D eigenvalue weighted by atomic mass is 9.82. The summed E-state index contributed by atoms with van der Waals surface area (Å²) < 4.78 is 4.03. The third-order valence-electron chi connectivity index (χ3n) is 7.84. The number of nitrogens with zero attached hydrogens (tertiary/aromatic N) is 4. The second kappa shape index (κ2) is 7.20. The van der Waals surface area contributed by atoms with Crippen LogP contribution < -0.4 is 11.1 Å². The largest absolute Gasteiger partial charge is 0.312 e. The minimum atomic E-state index is 0.162. The Labute approximate surface area is 176 Å². The van der Waals surface area contributed by atoms with Gasteiger partial charge in [0, 0.05) is 87.7 Å². The van der Waals surface area contributed by atoms with E-state index >= 15 is 0 Å². The summed E-state index contributed by atoms with van der Waals surface area (Å²) in [6.45, 7) is 8.31. The summed E-state index contributed by atoms with van der Waals surface area (Å²) in [4.78, 5) is 29.7. The van der Waals surface area contributed by atoms with E-state index in [4.69, 9.17) is 0 Å². The quantitative estimate of drug-likeness (QED) is 0.776. The zero-order valence-electron chi connectivity index (χ0n) is 17.4. The summed E-state index contributed by atoms with van der Waals surface area (Å²) >= 11 is 0. The molecule has 2 fully saturated rings. The molecule has 6 rings (SSSR count). The molecule has 0 aliphatic carbocycles. The van der Waals surface area contributed by atoms with E-state index in [0.717, 1.165) is 52.4 Å². The van der Waals surface area contributed by atoms with Gasteiger partial charge in [0.25, 0.3) is 11.1 Å². The number of fused-ring (bicyclic) bond motifs is 8. The molecular weight excluding hydrogens is 376 g/mol. The number of hydrogen-bond acceptors (Lipinski definition) is 4. The molecule has 2 saturated heterocycles. The van der Waals surface area contributed by atoms with Crippen LogP contribution in [0.5, 0.6) is 0 Å². The first-order valence-electron chi connectivity index (χ1n) is 11.5. The highest BCUT2D eigenvalue weighted by Gasteiger charge is 2.36. The standard InChI is InChI=1S/C24H30N4O2/c29-23-5-1-3-21-19-9-17(13-27(21)23)11-25(15-19)7-8-26-12-18-10-20(16-26)22-4-2-6-24(30)28(22)14-18/h1-6,17-20H,7-16H2/t17-,18+,19+,20-. The lowest BCUT2D eigenvalue weighted by molar-refractivity contribution is 0.0793. The Morgan fingerprint density at radius 2 is 1.10 bits per heavy atom. The Bertz CT molecular complexity index is 988. The van der Waals surface area contributed by atoms with Gasteiger partial charge in [-0.1, -0.05) is 12.1 Å². The van der Waals surface area contributed by atoms with Crippen molar-refractivity contribution in [1.82, 2.24) is 18.9 Å². The molecular formula is C24H30N4O2. The molecule has 4 aliphatic rings. The predicted molar refractivity (Wildman–Crippen MR) is 116 cm³/mol. The van der Waals surface area contributed by atoms with Gasteiger partial charge in [-0.2, -0.15) is 0 Å². The van der Waals surface area contributed by atoms with E-state index < -0.39 is 0 Å². The Kier molecular flexibility index (Phi) is 4.46. The average molecular weight is 407 g/mol. The third-order valence-corrected chi connectivity index (χ3v) is 7.84. The first-order chi connectivity index (χ1) is 14.6. The van der Waals surface area contributed by atoms with Crippen molar-refractivity contribution >= 4 is 0 Å². The first kappa shape index (κ1) is 18.6. The number of hydrogen-bond donors (Lipinski definition) is 0. The Hall–Kier alpha value is -2.18. The highest BCUT2D eigenvalue weighted by Crippen LogP contribution is 2.36. The van der Waals surface area contributed by atoms with Crippen LogP contribution in [0.3, 0.4) is 0 Å². The van der Waals surface area contributed by atoms with Crippen LogP contribution in [-0.4, -0.2) is 58.2 Å². The summed E-state index contributed by atoms with van der Waals surface area (Å²) in [5, 5.41) is 0. The molecule has 6 nitrogen and oxygen atoms in total. The number of pyridine rings is 2. The highest BCUT2D eigenvalue weighted by molar-refractivity contribution is 5.18. The number of piperidine rings is 2. The van der Waals surface area contributed by atoms with Crippen LogP contribution in [0.15, 0.2) is 46.0 Å². The average Bonchev–Trinajstić information content (AvgIpc) is 2.74. The number of aromatic nitrogens is 2. The molecule has 2 aromatic heterocycles. The maximum Gasteiger partial charge on any atom is 0.250 e. The molecule has 0 spiro atoms. The maximum atomic E-state index is 12.2. The smallest absolute Gasteiger partial charge is 0.250 e. The van der Waals surface area contributed by atoms with Crippen LogP contribution >= 0.6 is 0 Å². The van der Waals surface area contributed by atoms with E-state index in [1.807, 2.05) is 21.3 Å². The minimum absolute atomic E-state index is 0.162. The van der Waals surface area contributed by atoms with Crippen LogP contribution in [0, 0.1) is 11.8 Å². The predicted octanol–water partition coefficient (Wildman–Crippen LogP) is 1.55. The Balaban J connectivity index is 1.12.